The molecule has 0 saturated heterocycles. The topological polar surface area (TPSA) is 85.9 Å². The highest BCUT2D eigenvalue weighted by Gasteiger charge is 2.10. The second-order valence-corrected chi connectivity index (χ2v) is 5.90. The molecular formula is C18H19BrN2O5. The standard InChI is InChI=1S/C18H19BrN2O5/c1-3-25-16-9-4-12(10-15(16)19)18(23)21-20-17(22)11-26-14-7-5-13(24-2)6-8-14/h4-10H,3,11H2,1-2H3,(H,20,22)(H,21,23). The number of hydrazine groups is 1. The lowest BCUT2D eigenvalue weighted by molar-refractivity contribution is -0.123. The molecule has 0 radical (unpaired) electrons. The van der Waals surface area contributed by atoms with Gasteiger partial charge in [0.05, 0.1) is 18.2 Å². The Balaban J connectivity index is 1.80. The van der Waals surface area contributed by atoms with Gasteiger partial charge >= 0.3 is 0 Å². The van der Waals surface area contributed by atoms with E-state index in [0.29, 0.717) is 33.9 Å². The van der Waals surface area contributed by atoms with E-state index in [9.17, 15) is 9.59 Å². The smallest absolute Gasteiger partial charge is 0.276 e. The van der Waals surface area contributed by atoms with Crippen molar-refractivity contribution in [2.75, 3.05) is 20.3 Å². The van der Waals surface area contributed by atoms with E-state index in [2.05, 4.69) is 26.8 Å². The maximum Gasteiger partial charge on any atom is 0.276 e. The molecule has 8 heteroatoms. The third kappa shape index (κ3) is 5.66. The van der Waals surface area contributed by atoms with E-state index in [4.69, 9.17) is 14.2 Å². The summed E-state index contributed by atoms with van der Waals surface area (Å²) in [6.07, 6.45) is 0. The molecule has 0 aliphatic rings. The van der Waals surface area contributed by atoms with Gasteiger partial charge in [-0.2, -0.15) is 0 Å². The molecule has 0 aliphatic carbocycles. The summed E-state index contributed by atoms with van der Waals surface area (Å²) in [7, 11) is 1.56. The first kappa shape index (κ1) is 19.6. The lowest BCUT2D eigenvalue weighted by atomic mass is 10.2. The average molecular weight is 423 g/mol. The van der Waals surface area contributed by atoms with Gasteiger partial charge in [0.2, 0.25) is 0 Å². The van der Waals surface area contributed by atoms with Crippen LogP contribution in [0.5, 0.6) is 17.2 Å². The van der Waals surface area contributed by atoms with Crippen molar-refractivity contribution in [1.82, 2.24) is 10.9 Å². The lowest BCUT2D eigenvalue weighted by Gasteiger charge is -2.10. The highest BCUT2D eigenvalue weighted by Crippen LogP contribution is 2.25. The molecule has 2 amide bonds. The van der Waals surface area contributed by atoms with Crippen LogP contribution in [0.4, 0.5) is 0 Å². The normalized spacial score (nSPS) is 9.96. The van der Waals surface area contributed by atoms with E-state index in [-0.39, 0.29) is 6.61 Å². The van der Waals surface area contributed by atoms with E-state index < -0.39 is 11.8 Å². The van der Waals surface area contributed by atoms with Gasteiger partial charge < -0.3 is 14.2 Å². The number of hydrogen-bond acceptors (Lipinski definition) is 5. The van der Waals surface area contributed by atoms with Crippen LogP contribution < -0.4 is 25.1 Å². The second kappa shape index (κ2) is 9.67. The van der Waals surface area contributed by atoms with Gasteiger partial charge in [-0.25, -0.2) is 0 Å². The van der Waals surface area contributed by atoms with Gasteiger partial charge in [0, 0.05) is 5.56 Å². The minimum atomic E-state index is -0.487. The Kier molecular flexibility index (Phi) is 7.28. The Hall–Kier alpha value is -2.74. The van der Waals surface area contributed by atoms with Crippen LogP contribution in [0.3, 0.4) is 0 Å². The van der Waals surface area contributed by atoms with Crippen molar-refractivity contribution < 1.29 is 23.8 Å². The minimum absolute atomic E-state index is 0.237. The van der Waals surface area contributed by atoms with E-state index in [1.165, 1.54) is 0 Å². The number of ether oxygens (including phenoxy) is 3. The van der Waals surface area contributed by atoms with Crippen molar-refractivity contribution in [3.63, 3.8) is 0 Å². The molecule has 0 aromatic heterocycles. The van der Waals surface area contributed by atoms with Crippen LogP contribution in [0.1, 0.15) is 17.3 Å². The van der Waals surface area contributed by atoms with Crippen LogP contribution in [0, 0.1) is 0 Å². The van der Waals surface area contributed by atoms with Crippen molar-refractivity contribution >= 4 is 27.7 Å². The number of methoxy groups -OCH3 is 1. The predicted octanol–water partition coefficient (Wildman–Crippen LogP) is 2.70. The molecular weight excluding hydrogens is 404 g/mol. The number of rotatable bonds is 7. The number of amides is 2. The summed E-state index contributed by atoms with van der Waals surface area (Å²) >= 11 is 3.34. The fraction of sp³-hybridized carbons (Fsp3) is 0.222. The Bertz CT molecular complexity index is 765. The SMILES string of the molecule is CCOc1ccc(C(=O)NNC(=O)COc2ccc(OC)cc2)cc1Br. The molecule has 0 saturated carbocycles. The maximum absolute atomic E-state index is 12.1. The molecule has 2 aromatic carbocycles. The van der Waals surface area contributed by atoms with E-state index in [1.54, 1.807) is 49.6 Å². The number of carbonyl (C=O) groups excluding carboxylic acids is 2. The Morgan fingerprint density at radius 2 is 1.69 bits per heavy atom. The molecule has 2 rings (SSSR count). The molecule has 0 fully saturated rings. The van der Waals surface area contributed by atoms with Crippen LogP contribution >= 0.6 is 15.9 Å². The zero-order chi connectivity index (χ0) is 18.9. The molecule has 0 aliphatic heterocycles. The van der Waals surface area contributed by atoms with Crippen molar-refractivity contribution in [3.8, 4) is 17.2 Å². The molecule has 0 heterocycles. The van der Waals surface area contributed by atoms with Crippen molar-refractivity contribution in [1.29, 1.82) is 0 Å². The average Bonchev–Trinajstić information content (AvgIpc) is 2.66. The Morgan fingerprint density at radius 1 is 1.00 bits per heavy atom. The van der Waals surface area contributed by atoms with Crippen molar-refractivity contribution in [3.05, 3.63) is 52.5 Å². The zero-order valence-corrected chi connectivity index (χ0v) is 16.0. The maximum atomic E-state index is 12.1. The summed E-state index contributed by atoms with van der Waals surface area (Å²) in [5.74, 6) is 0.907. The summed E-state index contributed by atoms with van der Waals surface area (Å²) in [6, 6.07) is 11.7. The predicted molar refractivity (Wildman–Crippen MR) is 99.4 cm³/mol. The van der Waals surface area contributed by atoms with Gasteiger partial charge in [0.1, 0.15) is 17.2 Å². The summed E-state index contributed by atoms with van der Waals surface area (Å²) in [4.78, 5) is 23.8. The molecule has 2 aromatic rings. The molecule has 0 spiro atoms. The molecule has 138 valence electrons. The first-order valence-corrected chi connectivity index (χ1v) is 8.61. The van der Waals surface area contributed by atoms with E-state index in [0.717, 1.165) is 0 Å². The third-order valence-electron chi connectivity index (χ3n) is 3.24. The molecule has 0 atom stereocenters. The van der Waals surface area contributed by atoms with Crippen molar-refractivity contribution in [2.45, 2.75) is 6.92 Å². The zero-order valence-electron chi connectivity index (χ0n) is 14.4. The third-order valence-corrected chi connectivity index (χ3v) is 3.86. The van der Waals surface area contributed by atoms with Gasteiger partial charge in [-0.15, -0.1) is 0 Å². The largest absolute Gasteiger partial charge is 0.497 e. The molecule has 0 unspecified atom stereocenters. The molecule has 7 nitrogen and oxygen atoms in total. The lowest BCUT2D eigenvalue weighted by Crippen LogP contribution is -2.43. The fourth-order valence-electron chi connectivity index (χ4n) is 1.97. The van der Waals surface area contributed by atoms with Crippen LogP contribution in [-0.2, 0) is 4.79 Å². The Morgan fingerprint density at radius 3 is 2.31 bits per heavy atom. The quantitative estimate of drug-likeness (QED) is 0.669. The number of hydrogen-bond donors (Lipinski definition) is 2. The number of benzene rings is 2. The Labute approximate surface area is 159 Å². The van der Waals surface area contributed by atoms with Crippen LogP contribution in [0.2, 0.25) is 0 Å². The molecule has 26 heavy (non-hydrogen) atoms. The number of carbonyl (C=O) groups is 2. The minimum Gasteiger partial charge on any atom is -0.497 e. The van der Waals surface area contributed by atoms with Gasteiger partial charge in [0.25, 0.3) is 11.8 Å². The number of nitrogens with one attached hydrogen (secondary N) is 2. The van der Waals surface area contributed by atoms with Gasteiger partial charge in [0.15, 0.2) is 6.61 Å². The van der Waals surface area contributed by atoms with Gasteiger partial charge in [-0.3, -0.25) is 20.4 Å². The summed E-state index contributed by atoms with van der Waals surface area (Å²) in [5, 5.41) is 0. The number of halogens is 1. The van der Waals surface area contributed by atoms with Crippen LogP contribution in [0.25, 0.3) is 0 Å². The van der Waals surface area contributed by atoms with Gasteiger partial charge in [-0.05, 0) is 65.3 Å². The molecule has 2 N–H and O–H groups in total. The first-order chi connectivity index (χ1) is 12.5. The van der Waals surface area contributed by atoms with E-state index in [1.807, 2.05) is 6.92 Å². The van der Waals surface area contributed by atoms with E-state index >= 15 is 0 Å². The highest BCUT2D eigenvalue weighted by atomic mass is 79.9. The molecule has 0 bridgehead atoms. The highest BCUT2D eigenvalue weighted by molar-refractivity contribution is 9.10. The summed E-state index contributed by atoms with van der Waals surface area (Å²) in [6.45, 7) is 2.16. The van der Waals surface area contributed by atoms with Crippen LogP contribution in [0.15, 0.2) is 46.9 Å². The van der Waals surface area contributed by atoms with Crippen molar-refractivity contribution in [2.24, 2.45) is 0 Å². The van der Waals surface area contributed by atoms with Crippen LogP contribution in [-0.4, -0.2) is 32.1 Å². The fourth-order valence-corrected chi connectivity index (χ4v) is 2.46. The first-order valence-electron chi connectivity index (χ1n) is 7.82. The monoisotopic (exact) mass is 422 g/mol. The summed E-state index contributed by atoms with van der Waals surface area (Å²) < 4.78 is 16.4. The van der Waals surface area contributed by atoms with Gasteiger partial charge in [-0.1, -0.05) is 0 Å². The summed E-state index contributed by atoms with van der Waals surface area (Å²) in [5.41, 5.74) is 5.00. The second-order valence-electron chi connectivity index (χ2n) is 5.04.